The topological polar surface area (TPSA) is 72.8 Å². The van der Waals surface area contributed by atoms with Crippen LogP contribution in [0.5, 0.6) is 0 Å². The quantitative estimate of drug-likeness (QED) is 0.357. The zero-order valence-corrected chi connectivity index (χ0v) is 14.2. The normalized spacial score (nSPS) is 10.6. The molecule has 6 nitrogen and oxygen atoms in total. The Morgan fingerprint density at radius 3 is 1.82 bits per heavy atom. The molecule has 0 aliphatic carbocycles. The second-order valence-corrected chi connectivity index (χ2v) is 4.95. The maximum Gasteiger partial charge on any atom is 0.186 e. The zero-order valence-electron chi connectivity index (χ0n) is 12.6. The van der Waals surface area contributed by atoms with E-state index < -0.39 is 0 Å². The van der Waals surface area contributed by atoms with Crippen molar-refractivity contribution in [2.75, 3.05) is 13.1 Å². The predicted molar refractivity (Wildman–Crippen MR) is 100 cm³/mol. The van der Waals surface area contributed by atoms with Gasteiger partial charge < -0.3 is 10.6 Å². The van der Waals surface area contributed by atoms with Crippen LogP contribution in [-0.2, 0) is 0 Å². The Morgan fingerprint density at radius 1 is 0.955 bits per heavy atom. The van der Waals surface area contributed by atoms with Crippen LogP contribution in [0.2, 0.25) is 0 Å². The minimum absolute atomic E-state index is 0.498. The predicted octanol–water partition coefficient (Wildman–Crippen LogP) is 1.32. The van der Waals surface area contributed by atoms with Crippen molar-refractivity contribution in [1.29, 1.82) is 0 Å². The van der Waals surface area contributed by atoms with Crippen LogP contribution in [0.25, 0.3) is 0 Å². The number of benzene rings is 1. The number of nitrogens with one attached hydrogen (secondary N) is 4. The van der Waals surface area contributed by atoms with Gasteiger partial charge in [0.2, 0.25) is 0 Å². The SMILES string of the molecule is CCNC(=S)N/N=C\c1cccc(/C=N\NC(=S)NCC)c1. The average molecular weight is 336 g/mol. The highest BCUT2D eigenvalue weighted by molar-refractivity contribution is 7.80. The molecule has 0 heterocycles. The Labute approximate surface area is 141 Å². The standard InChI is InChI=1S/C14H20N6S2/c1-3-15-13(21)19-17-9-11-6-5-7-12(8-11)10-18-20-14(22)16-4-2/h5-10H,3-4H2,1-2H3,(H2,15,19,21)(H2,16,20,22)/b17-9-,18-10-. The van der Waals surface area contributed by atoms with Crippen LogP contribution in [0.15, 0.2) is 34.5 Å². The average Bonchev–Trinajstić information content (AvgIpc) is 2.48. The summed E-state index contributed by atoms with van der Waals surface area (Å²) in [6.07, 6.45) is 3.38. The first-order valence-corrected chi connectivity index (χ1v) is 7.71. The van der Waals surface area contributed by atoms with Gasteiger partial charge in [-0.05, 0) is 55.5 Å². The number of hydrazone groups is 2. The van der Waals surface area contributed by atoms with E-state index in [-0.39, 0.29) is 0 Å². The van der Waals surface area contributed by atoms with Crippen LogP contribution in [0.4, 0.5) is 0 Å². The largest absolute Gasteiger partial charge is 0.362 e. The molecule has 0 spiro atoms. The van der Waals surface area contributed by atoms with Gasteiger partial charge in [0.05, 0.1) is 12.4 Å². The van der Waals surface area contributed by atoms with Gasteiger partial charge in [0.15, 0.2) is 10.2 Å². The van der Waals surface area contributed by atoms with Gasteiger partial charge in [-0.3, -0.25) is 10.9 Å². The summed E-state index contributed by atoms with van der Waals surface area (Å²) in [5.41, 5.74) is 7.35. The minimum atomic E-state index is 0.498. The number of thiocarbonyl (C=S) groups is 2. The van der Waals surface area contributed by atoms with Crippen molar-refractivity contribution in [3.63, 3.8) is 0 Å². The van der Waals surface area contributed by atoms with Crippen LogP contribution in [-0.4, -0.2) is 35.7 Å². The van der Waals surface area contributed by atoms with Gasteiger partial charge in [0, 0.05) is 13.1 Å². The van der Waals surface area contributed by atoms with E-state index in [1.165, 1.54) is 0 Å². The second kappa shape index (κ2) is 10.6. The van der Waals surface area contributed by atoms with Crippen molar-refractivity contribution in [1.82, 2.24) is 21.5 Å². The third kappa shape index (κ3) is 7.65. The van der Waals surface area contributed by atoms with Crippen LogP contribution in [0.1, 0.15) is 25.0 Å². The first-order chi connectivity index (χ1) is 10.7. The molecular weight excluding hydrogens is 316 g/mol. The van der Waals surface area contributed by atoms with Crippen LogP contribution in [0.3, 0.4) is 0 Å². The van der Waals surface area contributed by atoms with Crippen LogP contribution >= 0.6 is 24.4 Å². The fourth-order valence-corrected chi connectivity index (χ4v) is 1.84. The summed E-state index contributed by atoms with van der Waals surface area (Å²) in [4.78, 5) is 0. The monoisotopic (exact) mass is 336 g/mol. The van der Waals surface area contributed by atoms with Crippen molar-refractivity contribution in [2.24, 2.45) is 10.2 Å². The molecule has 4 N–H and O–H groups in total. The first-order valence-electron chi connectivity index (χ1n) is 6.89. The van der Waals surface area contributed by atoms with E-state index in [9.17, 15) is 0 Å². The lowest BCUT2D eigenvalue weighted by atomic mass is 10.1. The fraction of sp³-hybridized carbons (Fsp3) is 0.286. The summed E-state index contributed by atoms with van der Waals surface area (Å²) >= 11 is 10.0. The molecule has 0 aromatic heterocycles. The lowest BCUT2D eigenvalue weighted by Gasteiger charge is -2.03. The molecule has 0 radical (unpaired) electrons. The number of rotatable bonds is 6. The molecule has 0 aliphatic heterocycles. The van der Waals surface area contributed by atoms with Crippen molar-refractivity contribution in [3.05, 3.63) is 35.4 Å². The third-order valence-electron chi connectivity index (χ3n) is 2.34. The molecule has 1 aromatic carbocycles. The van der Waals surface area contributed by atoms with Gasteiger partial charge >= 0.3 is 0 Å². The van der Waals surface area contributed by atoms with E-state index in [0.29, 0.717) is 10.2 Å². The molecule has 1 aromatic rings. The van der Waals surface area contributed by atoms with Crippen LogP contribution < -0.4 is 21.5 Å². The van der Waals surface area contributed by atoms with Gasteiger partial charge in [-0.25, -0.2) is 0 Å². The summed E-state index contributed by atoms with van der Waals surface area (Å²) in [5.74, 6) is 0. The molecule has 1 rings (SSSR count). The zero-order chi connectivity index (χ0) is 16.2. The van der Waals surface area contributed by atoms with E-state index in [0.717, 1.165) is 24.2 Å². The maximum atomic E-state index is 5.01. The Balaban J connectivity index is 2.55. The molecule has 0 bridgehead atoms. The van der Waals surface area contributed by atoms with Gasteiger partial charge in [0.25, 0.3) is 0 Å². The minimum Gasteiger partial charge on any atom is -0.362 e. The smallest absolute Gasteiger partial charge is 0.186 e. The van der Waals surface area contributed by atoms with E-state index in [1.807, 2.05) is 38.1 Å². The summed E-state index contributed by atoms with van der Waals surface area (Å²) in [6, 6.07) is 7.75. The molecular formula is C14H20N6S2. The molecule has 0 saturated heterocycles. The van der Waals surface area contributed by atoms with Crippen molar-refractivity contribution >= 4 is 47.1 Å². The summed E-state index contributed by atoms with van der Waals surface area (Å²) in [6.45, 7) is 5.45. The van der Waals surface area contributed by atoms with Crippen LogP contribution in [0, 0.1) is 0 Å². The highest BCUT2D eigenvalue weighted by Gasteiger charge is 1.93. The van der Waals surface area contributed by atoms with E-state index in [2.05, 4.69) is 31.7 Å². The first kappa shape index (κ1) is 18.0. The Bertz CT molecular complexity index is 511. The Morgan fingerprint density at radius 2 is 1.41 bits per heavy atom. The summed E-state index contributed by atoms with van der Waals surface area (Å²) in [7, 11) is 0. The summed E-state index contributed by atoms with van der Waals surface area (Å²) in [5, 5.41) is 15.0. The van der Waals surface area contributed by atoms with Crippen molar-refractivity contribution in [2.45, 2.75) is 13.8 Å². The summed E-state index contributed by atoms with van der Waals surface area (Å²) < 4.78 is 0. The molecule has 0 atom stereocenters. The molecule has 0 saturated carbocycles. The van der Waals surface area contributed by atoms with Gasteiger partial charge in [-0.1, -0.05) is 18.2 Å². The Hall–Kier alpha value is -2.06. The lowest BCUT2D eigenvalue weighted by Crippen LogP contribution is -2.31. The highest BCUT2D eigenvalue weighted by Crippen LogP contribution is 2.00. The van der Waals surface area contributed by atoms with Crippen molar-refractivity contribution in [3.8, 4) is 0 Å². The fourth-order valence-electron chi connectivity index (χ4n) is 1.45. The Kier molecular flexibility index (Phi) is 8.70. The molecule has 118 valence electrons. The molecule has 8 heteroatoms. The second-order valence-electron chi connectivity index (χ2n) is 4.13. The van der Waals surface area contributed by atoms with E-state index in [4.69, 9.17) is 24.4 Å². The lowest BCUT2D eigenvalue weighted by molar-refractivity contribution is 0.904. The van der Waals surface area contributed by atoms with E-state index in [1.54, 1.807) is 12.4 Å². The third-order valence-corrected chi connectivity index (χ3v) is 2.82. The number of hydrogen-bond acceptors (Lipinski definition) is 4. The molecule has 0 aliphatic rings. The maximum absolute atomic E-state index is 5.01. The van der Waals surface area contributed by atoms with E-state index >= 15 is 0 Å². The van der Waals surface area contributed by atoms with Gasteiger partial charge in [0.1, 0.15) is 0 Å². The number of hydrogen-bond donors (Lipinski definition) is 4. The van der Waals surface area contributed by atoms with Gasteiger partial charge in [-0.15, -0.1) is 0 Å². The van der Waals surface area contributed by atoms with Crippen molar-refractivity contribution < 1.29 is 0 Å². The highest BCUT2D eigenvalue weighted by atomic mass is 32.1. The molecule has 0 amide bonds. The molecule has 0 unspecified atom stereocenters. The molecule has 0 fully saturated rings. The molecule has 22 heavy (non-hydrogen) atoms. The van der Waals surface area contributed by atoms with Gasteiger partial charge in [-0.2, -0.15) is 10.2 Å². The number of nitrogens with zero attached hydrogens (tertiary/aromatic N) is 2.